The molecular weight excluding hydrogens is 246 g/mol. The number of carbonyl (C=O) groups is 1. The Hall–Kier alpha value is -2.41. The molecule has 0 aliphatic heterocycles. The third-order valence-corrected chi connectivity index (χ3v) is 2.50. The molecule has 7 heteroatoms. The fourth-order valence-corrected chi connectivity index (χ4v) is 1.56. The first-order valence-corrected chi connectivity index (χ1v) is 5.80. The lowest BCUT2D eigenvalue weighted by Crippen LogP contribution is -2.14. The monoisotopic (exact) mass is 261 g/mol. The Kier molecular flexibility index (Phi) is 3.76. The first-order valence-electron chi connectivity index (χ1n) is 5.80. The number of nitrogens with zero attached hydrogens (tertiary/aromatic N) is 3. The van der Waals surface area contributed by atoms with E-state index in [1.807, 2.05) is 0 Å². The normalized spacial score (nSPS) is 10.4. The third kappa shape index (κ3) is 3.08. The molecule has 0 atom stereocenters. The molecule has 0 radical (unpaired) electrons. The fourth-order valence-electron chi connectivity index (χ4n) is 1.56. The highest BCUT2D eigenvalue weighted by atomic mass is 16.3. The van der Waals surface area contributed by atoms with Gasteiger partial charge in [-0.1, -0.05) is 0 Å². The summed E-state index contributed by atoms with van der Waals surface area (Å²) in [6.07, 6.45) is 3.13. The van der Waals surface area contributed by atoms with Gasteiger partial charge in [0, 0.05) is 25.0 Å². The van der Waals surface area contributed by atoms with E-state index in [0.29, 0.717) is 18.8 Å². The zero-order chi connectivity index (χ0) is 13.8. The van der Waals surface area contributed by atoms with Crippen molar-refractivity contribution in [3.8, 4) is 5.75 Å². The second kappa shape index (κ2) is 5.49. The molecule has 4 N–H and O–H groups in total. The number of anilines is 1. The predicted molar refractivity (Wildman–Crippen MR) is 69.9 cm³/mol. The standard InChI is InChI=1S/C12H15N5O2/c1-8-2-3-10(18)11(15-8)16-12(19)9-6-17(5-4-13)7-14-9/h2-3,6-7,18H,4-5,13H2,1H3,(H,15,16,19). The van der Waals surface area contributed by atoms with Crippen molar-refractivity contribution in [3.05, 3.63) is 36.0 Å². The van der Waals surface area contributed by atoms with Gasteiger partial charge in [0.1, 0.15) is 5.69 Å². The van der Waals surface area contributed by atoms with Crippen LogP contribution >= 0.6 is 0 Å². The number of nitrogens with one attached hydrogen (secondary N) is 1. The number of carbonyl (C=O) groups excluding carboxylic acids is 1. The van der Waals surface area contributed by atoms with Crippen LogP contribution < -0.4 is 11.1 Å². The molecule has 0 spiro atoms. The Morgan fingerprint density at radius 3 is 3.05 bits per heavy atom. The Balaban J connectivity index is 2.13. The van der Waals surface area contributed by atoms with E-state index < -0.39 is 5.91 Å². The van der Waals surface area contributed by atoms with Crippen molar-refractivity contribution in [3.63, 3.8) is 0 Å². The molecule has 0 unspecified atom stereocenters. The number of rotatable bonds is 4. The van der Waals surface area contributed by atoms with Crippen LogP contribution in [-0.4, -0.2) is 32.1 Å². The van der Waals surface area contributed by atoms with Crippen LogP contribution in [0, 0.1) is 6.92 Å². The molecule has 0 fully saturated rings. The van der Waals surface area contributed by atoms with Crippen LogP contribution in [0.2, 0.25) is 0 Å². The van der Waals surface area contributed by atoms with E-state index >= 15 is 0 Å². The van der Waals surface area contributed by atoms with Gasteiger partial charge >= 0.3 is 0 Å². The van der Waals surface area contributed by atoms with E-state index in [2.05, 4.69) is 15.3 Å². The number of aryl methyl sites for hydroxylation is 1. The molecule has 0 aromatic carbocycles. The molecule has 0 aliphatic carbocycles. The highest BCUT2D eigenvalue weighted by Gasteiger charge is 2.12. The predicted octanol–water partition coefficient (Wildman–Crippen LogP) is 0.503. The van der Waals surface area contributed by atoms with Gasteiger partial charge in [-0.25, -0.2) is 9.97 Å². The summed E-state index contributed by atoms with van der Waals surface area (Å²) in [7, 11) is 0. The molecule has 0 bridgehead atoms. The van der Waals surface area contributed by atoms with Gasteiger partial charge in [-0.05, 0) is 19.1 Å². The van der Waals surface area contributed by atoms with Crippen LogP contribution in [0.3, 0.4) is 0 Å². The average molecular weight is 261 g/mol. The topological polar surface area (TPSA) is 106 Å². The lowest BCUT2D eigenvalue weighted by molar-refractivity contribution is 0.102. The van der Waals surface area contributed by atoms with E-state index in [-0.39, 0.29) is 17.3 Å². The first kappa shape index (κ1) is 13.0. The van der Waals surface area contributed by atoms with E-state index in [0.717, 1.165) is 0 Å². The van der Waals surface area contributed by atoms with E-state index in [9.17, 15) is 9.90 Å². The highest BCUT2D eigenvalue weighted by Crippen LogP contribution is 2.20. The lowest BCUT2D eigenvalue weighted by atomic mass is 10.3. The van der Waals surface area contributed by atoms with Crippen LogP contribution in [0.4, 0.5) is 5.82 Å². The number of aromatic nitrogens is 3. The summed E-state index contributed by atoms with van der Waals surface area (Å²) < 4.78 is 1.72. The SMILES string of the molecule is Cc1ccc(O)c(NC(=O)c2cn(CCN)cn2)n1. The minimum absolute atomic E-state index is 0.0830. The number of hydrogen-bond donors (Lipinski definition) is 3. The Morgan fingerprint density at radius 1 is 1.53 bits per heavy atom. The molecule has 0 saturated heterocycles. The Labute approximate surface area is 110 Å². The molecule has 2 aromatic heterocycles. The van der Waals surface area contributed by atoms with Crippen molar-refractivity contribution in [1.82, 2.24) is 14.5 Å². The zero-order valence-electron chi connectivity index (χ0n) is 10.5. The van der Waals surface area contributed by atoms with E-state index in [1.54, 1.807) is 23.8 Å². The summed E-state index contributed by atoms with van der Waals surface area (Å²) in [5.41, 5.74) is 6.36. The minimum Gasteiger partial charge on any atom is -0.504 e. The summed E-state index contributed by atoms with van der Waals surface area (Å²) in [4.78, 5) is 19.9. The van der Waals surface area contributed by atoms with Crippen LogP contribution in [0.5, 0.6) is 5.75 Å². The van der Waals surface area contributed by atoms with Gasteiger partial charge < -0.3 is 20.7 Å². The molecule has 7 nitrogen and oxygen atoms in total. The maximum absolute atomic E-state index is 11.9. The number of hydrogen-bond acceptors (Lipinski definition) is 5. The second-order valence-corrected chi connectivity index (χ2v) is 4.06. The van der Waals surface area contributed by atoms with Crippen molar-refractivity contribution in [2.75, 3.05) is 11.9 Å². The molecule has 2 rings (SSSR count). The van der Waals surface area contributed by atoms with Crippen molar-refractivity contribution < 1.29 is 9.90 Å². The maximum atomic E-state index is 11.9. The van der Waals surface area contributed by atoms with E-state index in [1.165, 1.54) is 12.4 Å². The van der Waals surface area contributed by atoms with Gasteiger partial charge in [0.05, 0.1) is 6.33 Å². The molecule has 1 amide bonds. The maximum Gasteiger partial charge on any atom is 0.277 e. The largest absolute Gasteiger partial charge is 0.504 e. The van der Waals surface area contributed by atoms with Crippen molar-refractivity contribution >= 4 is 11.7 Å². The molecule has 2 aromatic rings. The fraction of sp³-hybridized carbons (Fsp3) is 0.250. The number of aromatic hydroxyl groups is 1. The van der Waals surface area contributed by atoms with Gasteiger partial charge in [-0.15, -0.1) is 0 Å². The van der Waals surface area contributed by atoms with Crippen molar-refractivity contribution in [2.24, 2.45) is 5.73 Å². The molecule has 19 heavy (non-hydrogen) atoms. The summed E-state index contributed by atoms with van der Waals surface area (Å²) in [6.45, 7) is 2.83. The van der Waals surface area contributed by atoms with Crippen LogP contribution in [0.15, 0.2) is 24.7 Å². The quantitative estimate of drug-likeness (QED) is 0.743. The summed E-state index contributed by atoms with van der Waals surface area (Å²) >= 11 is 0. The highest BCUT2D eigenvalue weighted by molar-refractivity contribution is 6.02. The van der Waals surface area contributed by atoms with Gasteiger partial charge in [-0.3, -0.25) is 4.79 Å². The molecular formula is C12H15N5O2. The first-order chi connectivity index (χ1) is 9.10. The molecule has 0 aliphatic rings. The van der Waals surface area contributed by atoms with Gasteiger partial charge in [0.15, 0.2) is 11.6 Å². The summed E-state index contributed by atoms with van der Waals surface area (Å²) in [5.74, 6) is -0.386. The zero-order valence-corrected chi connectivity index (χ0v) is 10.5. The Morgan fingerprint density at radius 2 is 2.32 bits per heavy atom. The average Bonchev–Trinajstić information content (AvgIpc) is 2.83. The lowest BCUT2D eigenvalue weighted by Gasteiger charge is -2.05. The van der Waals surface area contributed by atoms with Gasteiger partial charge in [0.2, 0.25) is 0 Å². The summed E-state index contributed by atoms with van der Waals surface area (Å²) in [6, 6.07) is 3.13. The van der Waals surface area contributed by atoms with E-state index in [4.69, 9.17) is 5.73 Å². The number of amides is 1. The Bertz CT molecular complexity index is 594. The van der Waals surface area contributed by atoms with Crippen LogP contribution in [0.1, 0.15) is 16.2 Å². The molecule has 100 valence electrons. The number of nitrogens with two attached hydrogens (primary N) is 1. The number of pyridine rings is 1. The summed E-state index contributed by atoms with van der Waals surface area (Å²) in [5, 5.41) is 12.1. The van der Waals surface area contributed by atoms with Crippen molar-refractivity contribution in [1.29, 1.82) is 0 Å². The smallest absolute Gasteiger partial charge is 0.277 e. The molecule has 0 saturated carbocycles. The third-order valence-electron chi connectivity index (χ3n) is 2.50. The minimum atomic E-state index is -0.427. The van der Waals surface area contributed by atoms with Gasteiger partial charge in [0.25, 0.3) is 5.91 Å². The van der Waals surface area contributed by atoms with Crippen LogP contribution in [-0.2, 0) is 6.54 Å². The van der Waals surface area contributed by atoms with Crippen molar-refractivity contribution in [2.45, 2.75) is 13.5 Å². The molecule has 2 heterocycles. The van der Waals surface area contributed by atoms with Gasteiger partial charge in [-0.2, -0.15) is 0 Å². The number of imidazole rings is 1. The second-order valence-electron chi connectivity index (χ2n) is 4.06. The van der Waals surface area contributed by atoms with Crippen LogP contribution in [0.25, 0.3) is 0 Å².